The van der Waals surface area contributed by atoms with E-state index in [2.05, 4.69) is 26.1 Å². The first-order valence-corrected chi connectivity index (χ1v) is 8.72. The Kier molecular flexibility index (Phi) is 4.80. The van der Waals surface area contributed by atoms with Crippen LogP contribution in [0.25, 0.3) is 0 Å². The predicted molar refractivity (Wildman–Crippen MR) is 90.4 cm³/mol. The normalized spacial score (nSPS) is 16.1. The number of rotatable bonds is 3. The van der Waals surface area contributed by atoms with E-state index in [9.17, 15) is 4.79 Å². The maximum Gasteiger partial charge on any atom is 0.253 e. The minimum Gasteiger partial charge on any atom is -0.425 e. The highest BCUT2D eigenvalue weighted by atomic mass is 79.9. The Bertz CT molecular complexity index is 673. The first-order valence-electron chi connectivity index (χ1n) is 7.92. The average Bonchev–Trinajstić information content (AvgIpc) is 3.05. The van der Waals surface area contributed by atoms with Crippen molar-refractivity contribution in [2.24, 2.45) is 0 Å². The topological polar surface area (TPSA) is 59.2 Å². The van der Waals surface area contributed by atoms with E-state index in [-0.39, 0.29) is 17.7 Å². The van der Waals surface area contributed by atoms with Crippen LogP contribution in [0.3, 0.4) is 0 Å². The highest BCUT2D eigenvalue weighted by molar-refractivity contribution is 9.10. The molecule has 1 aromatic carbocycles. The molecule has 2 heterocycles. The number of benzene rings is 1. The molecule has 0 saturated carbocycles. The van der Waals surface area contributed by atoms with Gasteiger partial charge in [-0.25, -0.2) is 0 Å². The largest absolute Gasteiger partial charge is 0.425 e. The van der Waals surface area contributed by atoms with Crippen LogP contribution in [-0.4, -0.2) is 34.1 Å². The maximum atomic E-state index is 12.5. The zero-order chi connectivity index (χ0) is 16.4. The third-order valence-electron chi connectivity index (χ3n) is 4.17. The summed E-state index contributed by atoms with van der Waals surface area (Å²) in [6.45, 7) is 5.52. The summed E-state index contributed by atoms with van der Waals surface area (Å²) in [5.74, 6) is 1.99. The minimum absolute atomic E-state index is 0.0874. The molecule has 122 valence electrons. The molecule has 1 fully saturated rings. The zero-order valence-corrected chi connectivity index (χ0v) is 14.9. The van der Waals surface area contributed by atoms with Crippen molar-refractivity contribution >= 4 is 21.8 Å². The molecule has 1 amide bonds. The molecule has 0 bridgehead atoms. The van der Waals surface area contributed by atoms with E-state index < -0.39 is 0 Å². The number of amides is 1. The summed E-state index contributed by atoms with van der Waals surface area (Å²) in [4.78, 5) is 14.4. The van der Waals surface area contributed by atoms with Crippen LogP contribution < -0.4 is 0 Å². The van der Waals surface area contributed by atoms with Crippen LogP contribution in [0.2, 0.25) is 0 Å². The van der Waals surface area contributed by atoms with Gasteiger partial charge >= 0.3 is 0 Å². The fourth-order valence-electron chi connectivity index (χ4n) is 2.75. The average molecular weight is 378 g/mol. The monoisotopic (exact) mass is 377 g/mol. The first kappa shape index (κ1) is 16.2. The molecular formula is C17H20BrN3O2. The molecular weight excluding hydrogens is 358 g/mol. The smallest absolute Gasteiger partial charge is 0.253 e. The number of nitrogens with zero attached hydrogens (tertiary/aromatic N) is 3. The lowest BCUT2D eigenvalue weighted by molar-refractivity contribution is 0.0706. The first-order chi connectivity index (χ1) is 11.0. The lowest BCUT2D eigenvalue weighted by Crippen LogP contribution is -2.38. The summed E-state index contributed by atoms with van der Waals surface area (Å²) in [6, 6.07) is 7.49. The van der Waals surface area contributed by atoms with Crippen molar-refractivity contribution in [2.45, 2.75) is 38.5 Å². The predicted octanol–water partition coefficient (Wildman–Crippen LogP) is 3.98. The molecule has 2 aromatic rings. The number of halogens is 1. The molecule has 0 radical (unpaired) electrons. The van der Waals surface area contributed by atoms with E-state index >= 15 is 0 Å². The summed E-state index contributed by atoms with van der Waals surface area (Å²) < 4.78 is 6.72. The third kappa shape index (κ3) is 3.63. The van der Waals surface area contributed by atoms with E-state index in [0.717, 1.165) is 36.0 Å². The van der Waals surface area contributed by atoms with E-state index in [1.807, 2.05) is 43.0 Å². The molecule has 3 rings (SSSR count). The quantitative estimate of drug-likeness (QED) is 0.811. The highest BCUT2D eigenvalue weighted by Crippen LogP contribution is 2.29. The Hall–Kier alpha value is -1.69. The summed E-state index contributed by atoms with van der Waals surface area (Å²) >= 11 is 3.39. The fraction of sp³-hybridized carbons (Fsp3) is 0.471. The Balaban J connectivity index is 1.61. The van der Waals surface area contributed by atoms with E-state index in [1.54, 1.807) is 0 Å². The number of hydrogen-bond acceptors (Lipinski definition) is 4. The molecule has 1 aromatic heterocycles. The fourth-order valence-corrected chi connectivity index (χ4v) is 3.01. The van der Waals surface area contributed by atoms with Crippen LogP contribution in [0.4, 0.5) is 0 Å². The van der Waals surface area contributed by atoms with Crippen LogP contribution in [0.15, 0.2) is 33.2 Å². The van der Waals surface area contributed by atoms with Gasteiger partial charge in [0.2, 0.25) is 11.8 Å². The Morgan fingerprint density at radius 1 is 1.22 bits per heavy atom. The molecule has 0 atom stereocenters. The summed E-state index contributed by atoms with van der Waals surface area (Å²) in [6.07, 6.45) is 1.73. The van der Waals surface area contributed by atoms with Crippen molar-refractivity contribution in [3.63, 3.8) is 0 Å². The lowest BCUT2D eigenvalue weighted by atomic mass is 9.96. The SMILES string of the molecule is CC(C)c1nnc(C2CCN(C(=O)c3ccc(Br)cc3)CC2)o1. The second-order valence-electron chi connectivity index (χ2n) is 6.21. The molecule has 23 heavy (non-hydrogen) atoms. The van der Waals surface area contributed by atoms with Crippen LogP contribution in [0, 0.1) is 0 Å². The van der Waals surface area contributed by atoms with Crippen molar-refractivity contribution in [3.05, 3.63) is 46.1 Å². The molecule has 0 spiro atoms. The molecule has 0 unspecified atom stereocenters. The van der Waals surface area contributed by atoms with E-state index in [0.29, 0.717) is 11.8 Å². The maximum absolute atomic E-state index is 12.5. The van der Waals surface area contributed by atoms with Gasteiger partial charge in [0.1, 0.15) is 0 Å². The number of aromatic nitrogens is 2. The number of carbonyl (C=O) groups excluding carboxylic acids is 1. The summed E-state index contributed by atoms with van der Waals surface area (Å²) in [5, 5.41) is 8.27. The molecule has 1 saturated heterocycles. The standard InChI is InChI=1S/C17H20BrN3O2/c1-11(2)15-19-20-16(23-15)12-7-9-21(10-8-12)17(22)13-3-5-14(18)6-4-13/h3-6,11-12H,7-10H2,1-2H3. The highest BCUT2D eigenvalue weighted by Gasteiger charge is 2.28. The van der Waals surface area contributed by atoms with Gasteiger partial charge in [-0.15, -0.1) is 10.2 Å². The van der Waals surface area contributed by atoms with Gasteiger partial charge < -0.3 is 9.32 Å². The van der Waals surface area contributed by atoms with Gasteiger partial charge in [-0.1, -0.05) is 29.8 Å². The van der Waals surface area contributed by atoms with Crippen LogP contribution >= 0.6 is 15.9 Å². The second kappa shape index (κ2) is 6.83. The Morgan fingerprint density at radius 2 is 1.87 bits per heavy atom. The number of carbonyl (C=O) groups is 1. The number of likely N-dealkylation sites (tertiary alicyclic amines) is 1. The van der Waals surface area contributed by atoms with Gasteiger partial charge in [0, 0.05) is 35.0 Å². The van der Waals surface area contributed by atoms with E-state index in [1.165, 1.54) is 0 Å². The third-order valence-corrected chi connectivity index (χ3v) is 4.70. The molecule has 1 aliphatic heterocycles. The van der Waals surface area contributed by atoms with Gasteiger partial charge in [-0.2, -0.15) is 0 Å². The zero-order valence-electron chi connectivity index (χ0n) is 13.3. The van der Waals surface area contributed by atoms with Crippen molar-refractivity contribution in [3.8, 4) is 0 Å². The van der Waals surface area contributed by atoms with Crippen molar-refractivity contribution in [2.75, 3.05) is 13.1 Å². The Morgan fingerprint density at radius 3 is 2.43 bits per heavy atom. The Labute approximate surface area is 144 Å². The summed E-state index contributed by atoms with van der Waals surface area (Å²) in [5.41, 5.74) is 0.728. The van der Waals surface area contributed by atoms with Gasteiger partial charge in [0.25, 0.3) is 5.91 Å². The van der Waals surface area contributed by atoms with Crippen molar-refractivity contribution in [1.29, 1.82) is 0 Å². The second-order valence-corrected chi connectivity index (χ2v) is 7.12. The van der Waals surface area contributed by atoms with Crippen LogP contribution in [0.5, 0.6) is 0 Å². The van der Waals surface area contributed by atoms with Gasteiger partial charge in [0.05, 0.1) is 0 Å². The lowest BCUT2D eigenvalue weighted by Gasteiger charge is -2.30. The molecule has 0 aliphatic carbocycles. The van der Waals surface area contributed by atoms with Crippen LogP contribution in [0.1, 0.15) is 60.7 Å². The van der Waals surface area contributed by atoms with Crippen molar-refractivity contribution < 1.29 is 9.21 Å². The van der Waals surface area contributed by atoms with Gasteiger partial charge in [-0.05, 0) is 37.1 Å². The molecule has 6 heteroatoms. The molecule has 1 aliphatic rings. The minimum atomic E-state index is 0.0874. The van der Waals surface area contributed by atoms with Gasteiger partial charge in [-0.3, -0.25) is 4.79 Å². The molecule has 5 nitrogen and oxygen atoms in total. The van der Waals surface area contributed by atoms with Gasteiger partial charge in [0.15, 0.2) is 0 Å². The summed E-state index contributed by atoms with van der Waals surface area (Å²) in [7, 11) is 0. The van der Waals surface area contributed by atoms with E-state index in [4.69, 9.17) is 4.42 Å². The number of piperidine rings is 1. The van der Waals surface area contributed by atoms with Crippen molar-refractivity contribution in [1.82, 2.24) is 15.1 Å². The molecule has 0 N–H and O–H groups in total. The van der Waals surface area contributed by atoms with Crippen LogP contribution in [-0.2, 0) is 0 Å². The number of hydrogen-bond donors (Lipinski definition) is 0.